The number of fused-ring (bicyclic) bond motifs is 13. The maximum absolute atomic E-state index is 6.11. The molecule has 0 spiro atoms. The van der Waals surface area contributed by atoms with Gasteiger partial charge < -0.3 is 18.0 Å². The fourth-order valence-electron chi connectivity index (χ4n) is 9.43. The number of benzene rings is 9. The molecule has 0 aliphatic carbocycles. The second kappa shape index (κ2) is 17.4. The summed E-state index contributed by atoms with van der Waals surface area (Å²) in [6, 6.07) is 68.1. The van der Waals surface area contributed by atoms with Gasteiger partial charge in [-0.15, -0.1) is 0 Å². The summed E-state index contributed by atoms with van der Waals surface area (Å²) in [5.74, 6) is 0. The van der Waals surface area contributed by atoms with Crippen molar-refractivity contribution in [3.05, 3.63) is 211 Å². The Morgan fingerprint density at radius 3 is 1.40 bits per heavy atom. The Labute approximate surface area is 379 Å². The molecule has 0 N–H and O–H groups in total. The quantitative estimate of drug-likeness (QED) is 0.174. The van der Waals surface area contributed by atoms with Crippen LogP contribution in [0, 0.1) is 20.8 Å². The number of para-hydroxylation sites is 4. The van der Waals surface area contributed by atoms with Gasteiger partial charge in [0.25, 0.3) is 0 Å². The van der Waals surface area contributed by atoms with E-state index < -0.39 is 0 Å². The lowest BCUT2D eigenvalue weighted by Gasteiger charge is -2.08. The number of hydrogen-bond donors (Lipinski definition) is 0. The van der Waals surface area contributed by atoms with Gasteiger partial charge in [-0.3, -0.25) is 0 Å². The third kappa shape index (κ3) is 7.41. The third-order valence-electron chi connectivity index (χ3n) is 12.4. The van der Waals surface area contributed by atoms with Crippen molar-refractivity contribution in [1.82, 2.24) is 9.13 Å². The van der Waals surface area contributed by atoms with Crippen LogP contribution in [-0.2, 0) is 7.05 Å². The fourth-order valence-corrected chi connectivity index (χ4v) is 9.43. The van der Waals surface area contributed by atoms with Gasteiger partial charge in [0.15, 0.2) is 0 Å². The van der Waals surface area contributed by atoms with Gasteiger partial charge in [-0.05, 0) is 110 Å². The summed E-state index contributed by atoms with van der Waals surface area (Å²) >= 11 is 0. The first-order valence-electron chi connectivity index (χ1n) is 22.6. The molecular weight excluding hydrogens is 793 g/mol. The molecule has 0 atom stereocenters. The molecular formula is C61H52N2O2. The highest BCUT2D eigenvalue weighted by Crippen LogP contribution is 2.42. The first kappa shape index (κ1) is 41.2. The van der Waals surface area contributed by atoms with E-state index in [1.807, 2.05) is 48.5 Å². The van der Waals surface area contributed by atoms with Crippen molar-refractivity contribution in [2.45, 2.75) is 41.0 Å². The van der Waals surface area contributed by atoms with Gasteiger partial charge in [0, 0.05) is 66.9 Å². The van der Waals surface area contributed by atoms with Crippen molar-refractivity contribution in [2.24, 2.45) is 7.05 Å². The molecule has 4 heterocycles. The predicted octanol–water partition coefficient (Wildman–Crippen LogP) is 17.6. The SMILES string of the molecule is CCC.Cc1ccc2c(c1)c1c3c4ccccc4n(C)c3ccc1n2-c1ccc2oc3ccccc3c2c1.Cc1ccccc1-c1ccccc1C.c1ccc2c(c1)oc1ccccc12. The van der Waals surface area contributed by atoms with Crippen molar-refractivity contribution >= 4 is 87.5 Å². The van der Waals surface area contributed by atoms with Gasteiger partial charge in [-0.25, -0.2) is 0 Å². The van der Waals surface area contributed by atoms with Crippen LogP contribution in [-0.4, -0.2) is 9.13 Å². The Kier molecular flexibility index (Phi) is 11.0. The van der Waals surface area contributed by atoms with Gasteiger partial charge in [0.2, 0.25) is 0 Å². The molecule has 4 nitrogen and oxygen atoms in total. The molecule has 0 saturated heterocycles. The molecule has 13 aromatic rings. The standard InChI is InChI=1S/C32H22N2O.C14H14.C12H8O.C3H8/c1-19-11-13-26-24(17-19)32-28(15-14-27-31(32)22-8-3-5-9-25(22)33(27)2)34(26)20-12-16-30-23(18-20)21-7-4-6-10-29(21)35-30;1-11-7-3-5-9-13(11)14-10-6-4-8-12(14)2;1-3-7-11-9(5-1)10-6-2-4-8-12(10)13-11;1-3-2/h3-18H,1-2H3;3-10H,1-2H3;1-8H;3H2,1-2H3. The summed E-state index contributed by atoms with van der Waals surface area (Å²) in [6.45, 7) is 10.7. The summed E-state index contributed by atoms with van der Waals surface area (Å²) in [5, 5.41) is 9.91. The van der Waals surface area contributed by atoms with Crippen LogP contribution in [0.4, 0.5) is 0 Å². The van der Waals surface area contributed by atoms with E-state index in [9.17, 15) is 0 Å². The highest BCUT2D eigenvalue weighted by molar-refractivity contribution is 6.28. The Balaban J connectivity index is 0.000000136. The number of aromatic nitrogens is 2. The van der Waals surface area contributed by atoms with Gasteiger partial charge in [0.1, 0.15) is 22.3 Å². The number of furan rings is 2. The molecule has 0 saturated carbocycles. The molecule has 9 aromatic carbocycles. The molecule has 4 aromatic heterocycles. The molecule has 13 rings (SSSR count). The second-order valence-corrected chi connectivity index (χ2v) is 17.0. The molecule has 318 valence electrons. The highest BCUT2D eigenvalue weighted by atomic mass is 16.3. The highest BCUT2D eigenvalue weighted by Gasteiger charge is 2.20. The molecule has 65 heavy (non-hydrogen) atoms. The number of hydrogen-bond acceptors (Lipinski definition) is 2. The zero-order chi connectivity index (χ0) is 44.6. The van der Waals surface area contributed by atoms with Crippen molar-refractivity contribution in [1.29, 1.82) is 0 Å². The molecule has 0 unspecified atom stereocenters. The molecule has 0 bridgehead atoms. The fraction of sp³-hybridized carbons (Fsp3) is 0.115. The third-order valence-corrected chi connectivity index (χ3v) is 12.4. The van der Waals surface area contributed by atoms with Gasteiger partial charge in [-0.1, -0.05) is 153 Å². The Bertz CT molecular complexity index is 3740. The largest absolute Gasteiger partial charge is 0.456 e. The van der Waals surface area contributed by atoms with E-state index in [1.165, 1.54) is 88.6 Å². The van der Waals surface area contributed by atoms with Crippen LogP contribution in [0.1, 0.15) is 37.0 Å². The van der Waals surface area contributed by atoms with Gasteiger partial charge >= 0.3 is 0 Å². The van der Waals surface area contributed by atoms with Crippen LogP contribution in [0.15, 0.2) is 203 Å². The number of nitrogens with zero attached hydrogens (tertiary/aromatic N) is 2. The summed E-state index contributed by atoms with van der Waals surface area (Å²) in [5.41, 5.74) is 16.5. The summed E-state index contributed by atoms with van der Waals surface area (Å²) in [4.78, 5) is 0. The van der Waals surface area contributed by atoms with Crippen LogP contribution in [0.2, 0.25) is 0 Å². The lowest BCUT2D eigenvalue weighted by molar-refractivity contribution is 0.668. The topological polar surface area (TPSA) is 36.1 Å². The Hall–Kier alpha value is -7.82. The van der Waals surface area contributed by atoms with Gasteiger partial charge in [0.05, 0.1) is 11.0 Å². The number of aryl methyl sites for hydroxylation is 4. The molecule has 0 radical (unpaired) electrons. The van der Waals surface area contributed by atoms with E-state index >= 15 is 0 Å². The van der Waals surface area contributed by atoms with E-state index in [4.69, 9.17) is 8.83 Å². The average Bonchev–Trinajstić information content (AvgIpc) is 4.08. The molecule has 0 fully saturated rings. The molecule has 0 aliphatic rings. The smallest absolute Gasteiger partial charge is 0.135 e. The first-order valence-corrected chi connectivity index (χ1v) is 22.6. The summed E-state index contributed by atoms with van der Waals surface area (Å²) in [6.07, 6.45) is 1.25. The minimum atomic E-state index is 0.919. The lowest BCUT2D eigenvalue weighted by Crippen LogP contribution is -1.93. The zero-order valence-electron chi connectivity index (χ0n) is 37.9. The van der Waals surface area contributed by atoms with Crippen molar-refractivity contribution in [2.75, 3.05) is 0 Å². The molecule has 0 amide bonds. The zero-order valence-corrected chi connectivity index (χ0v) is 37.9. The Morgan fingerprint density at radius 2 is 0.815 bits per heavy atom. The lowest BCUT2D eigenvalue weighted by atomic mass is 9.97. The Morgan fingerprint density at radius 1 is 0.369 bits per heavy atom. The van der Waals surface area contributed by atoms with Crippen molar-refractivity contribution in [3.8, 4) is 16.8 Å². The average molecular weight is 845 g/mol. The van der Waals surface area contributed by atoms with Crippen LogP contribution in [0.5, 0.6) is 0 Å². The first-order chi connectivity index (χ1) is 31.8. The van der Waals surface area contributed by atoms with Crippen LogP contribution in [0.25, 0.3) is 104 Å². The normalized spacial score (nSPS) is 11.3. The molecule has 0 aliphatic heterocycles. The van der Waals surface area contributed by atoms with E-state index in [0.717, 1.165) is 38.8 Å². The van der Waals surface area contributed by atoms with Crippen LogP contribution < -0.4 is 0 Å². The van der Waals surface area contributed by atoms with Crippen molar-refractivity contribution in [3.63, 3.8) is 0 Å². The van der Waals surface area contributed by atoms with Crippen LogP contribution in [0.3, 0.4) is 0 Å². The van der Waals surface area contributed by atoms with E-state index in [1.54, 1.807) is 0 Å². The van der Waals surface area contributed by atoms with E-state index in [2.05, 4.69) is 196 Å². The maximum Gasteiger partial charge on any atom is 0.135 e. The number of rotatable bonds is 2. The van der Waals surface area contributed by atoms with E-state index in [-0.39, 0.29) is 0 Å². The van der Waals surface area contributed by atoms with Gasteiger partial charge in [-0.2, -0.15) is 0 Å². The second-order valence-electron chi connectivity index (χ2n) is 17.0. The predicted molar refractivity (Wildman–Crippen MR) is 278 cm³/mol. The van der Waals surface area contributed by atoms with Crippen LogP contribution >= 0.6 is 0 Å². The van der Waals surface area contributed by atoms with Crippen molar-refractivity contribution < 1.29 is 8.83 Å². The maximum atomic E-state index is 6.11. The minimum Gasteiger partial charge on any atom is -0.456 e. The monoisotopic (exact) mass is 844 g/mol. The summed E-state index contributed by atoms with van der Waals surface area (Å²) in [7, 11) is 2.17. The minimum absolute atomic E-state index is 0.919. The van der Waals surface area contributed by atoms with E-state index in [0.29, 0.717) is 0 Å². The molecule has 4 heteroatoms. The summed E-state index contributed by atoms with van der Waals surface area (Å²) < 4.78 is 16.5.